The van der Waals surface area contributed by atoms with E-state index in [-0.39, 0.29) is 18.0 Å². The molecule has 0 saturated heterocycles. The van der Waals surface area contributed by atoms with Crippen molar-refractivity contribution in [2.75, 3.05) is 7.05 Å². The summed E-state index contributed by atoms with van der Waals surface area (Å²) in [6, 6.07) is 13.1. The summed E-state index contributed by atoms with van der Waals surface area (Å²) in [6.45, 7) is 0.346. The lowest BCUT2D eigenvalue weighted by atomic mass is 10.2. The Morgan fingerprint density at radius 1 is 1.10 bits per heavy atom. The molecule has 2 N–H and O–H groups in total. The van der Waals surface area contributed by atoms with Crippen LogP contribution in [0.2, 0.25) is 0 Å². The fourth-order valence-corrected chi connectivity index (χ4v) is 3.17. The Morgan fingerprint density at radius 3 is 2.33 bits per heavy atom. The fourth-order valence-electron chi connectivity index (χ4n) is 1.97. The van der Waals surface area contributed by atoms with E-state index in [1.807, 2.05) is 30.3 Å². The molecule has 0 saturated carbocycles. The van der Waals surface area contributed by atoms with Crippen LogP contribution in [0.3, 0.4) is 0 Å². The number of hydrogen-bond donors (Lipinski definition) is 1. The first-order valence-electron chi connectivity index (χ1n) is 6.44. The third kappa shape index (κ3) is 3.47. The first kappa shape index (κ1) is 15.6. The molecule has 0 aliphatic heterocycles. The molecule has 2 rings (SSSR count). The zero-order valence-electron chi connectivity index (χ0n) is 11.7. The summed E-state index contributed by atoms with van der Waals surface area (Å²) in [5, 5.41) is 0. The molecule has 0 unspecified atom stereocenters. The lowest BCUT2D eigenvalue weighted by Gasteiger charge is -2.18. The van der Waals surface area contributed by atoms with Gasteiger partial charge in [-0.25, -0.2) is 12.8 Å². The van der Waals surface area contributed by atoms with Crippen molar-refractivity contribution in [2.24, 2.45) is 5.73 Å². The van der Waals surface area contributed by atoms with Crippen LogP contribution >= 0.6 is 0 Å². The average molecular weight is 308 g/mol. The van der Waals surface area contributed by atoms with Crippen molar-refractivity contribution in [3.05, 3.63) is 65.5 Å². The number of halogens is 1. The number of benzene rings is 2. The maximum atomic E-state index is 14.0. The van der Waals surface area contributed by atoms with E-state index >= 15 is 0 Å². The van der Waals surface area contributed by atoms with Crippen molar-refractivity contribution in [1.29, 1.82) is 0 Å². The predicted octanol–water partition coefficient (Wildman–Crippen LogP) is 2.11. The number of hydrogen-bond acceptors (Lipinski definition) is 3. The summed E-state index contributed by atoms with van der Waals surface area (Å²) >= 11 is 0. The highest BCUT2D eigenvalue weighted by Crippen LogP contribution is 2.21. The van der Waals surface area contributed by atoms with Crippen LogP contribution < -0.4 is 5.73 Å². The fraction of sp³-hybridized carbons (Fsp3) is 0.200. The highest BCUT2D eigenvalue weighted by molar-refractivity contribution is 7.89. The van der Waals surface area contributed by atoms with Gasteiger partial charge in [-0.1, -0.05) is 36.4 Å². The molecule has 4 nitrogen and oxygen atoms in total. The molecule has 6 heteroatoms. The zero-order valence-corrected chi connectivity index (χ0v) is 12.5. The molecular weight excluding hydrogens is 291 g/mol. The monoisotopic (exact) mass is 308 g/mol. The Bertz CT molecular complexity index is 718. The van der Waals surface area contributed by atoms with Gasteiger partial charge >= 0.3 is 0 Å². The van der Waals surface area contributed by atoms with Crippen LogP contribution in [0, 0.1) is 5.82 Å². The van der Waals surface area contributed by atoms with Crippen LogP contribution in [-0.2, 0) is 23.1 Å². The third-order valence-electron chi connectivity index (χ3n) is 3.17. The first-order valence-corrected chi connectivity index (χ1v) is 7.88. The third-order valence-corrected chi connectivity index (χ3v) is 5.00. The SMILES string of the molecule is CN(Cc1ccccc1)S(=O)(=O)c1ccc(CN)cc1F. The molecule has 0 fully saturated rings. The van der Waals surface area contributed by atoms with Gasteiger partial charge in [-0.3, -0.25) is 0 Å². The summed E-state index contributed by atoms with van der Waals surface area (Å²) < 4.78 is 39.9. The molecule has 2 aromatic carbocycles. The van der Waals surface area contributed by atoms with Crippen LogP contribution in [0.25, 0.3) is 0 Å². The summed E-state index contributed by atoms with van der Waals surface area (Å²) in [4.78, 5) is -0.335. The van der Waals surface area contributed by atoms with Gasteiger partial charge < -0.3 is 5.73 Å². The van der Waals surface area contributed by atoms with Crippen LogP contribution in [0.4, 0.5) is 4.39 Å². The normalized spacial score (nSPS) is 11.8. The number of rotatable bonds is 5. The van der Waals surface area contributed by atoms with Gasteiger partial charge in [-0.05, 0) is 23.3 Å². The molecule has 0 amide bonds. The maximum absolute atomic E-state index is 14.0. The second-order valence-electron chi connectivity index (χ2n) is 4.72. The van der Waals surface area contributed by atoms with Gasteiger partial charge in [-0.15, -0.1) is 0 Å². The van der Waals surface area contributed by atoms with Gasteiger partial charge in [0.25, 0.3) is 0 Å². The van der Waals surface area contributed by atoms with E-state index in [1.165, 1.54) is 19.2 Å². The van der Waals surface area contributed by atoms with Gasteiger partial charge in [-0.2, -0.15) is 4.31 Å². The topological polar surface area (TPSA) is 63.4 Å². The van der Waals surface area contributed by atoms with Crippen molar-refractivity contribution in [3.8, 4) is 0 Å². The van der Waals surface area contributed by atoms with Crippen LogP contribution in [0.1, 0.15) is 11.1 Å². The predicted molar refractivity (Wildman–Crippen MR) is 79.4 cm³/mol. The molecule has 0 aliphatic carbocycles. The smallest absolute Gasteiger partial charge is 0.246 e. The first-order chi connectivity index (χ1) is 9.95. The Balaban J connectivity index is 2.29. The minimum Gasteiger partial charge on any atom is -0.326 e. The molecule has 0 aromatic heterocycles. The summed E-state index contributed by atoms with van der Waals surface area (Å²) in [5.74, 6) is -0.780. The highest BCUT2D eigenvalue weighted by atomic mass is 32.2. The maximum Gasteiger partial charge on any atom is 0.246 e. The van der Waals surface area contributed by atoms with Crippen LogP contribution in [-0.4, -0.2) is 19.8 Å². The number of sulfonamides is 1. The van der Waals surface area contributed by atoms with Crippen molar-refractivity contribution >= 4 is 10.0 Å². The molecule has 0 heterocycles. The Hall–Kier alpha value is -1.76. The van der Waals surface area contributed by atoms with Crippen LogP contribution in [0.15, 0.2) is 53.4 Å². The largest absolute Gasteiger partial charge is 0.326 e. The van der Waals surface area contributed by atoms with E-state index in [0.29, 0.717) is 5.56 Å². The summed E-state index contributed by atoms with van der Waals surface area (Å²) in [6.07, 6.45) is 0. The second kappa shape index (κ2) is 6.34. The van der Waals surface area contributed by atoms with Gasteiger partial charge in [0.15, 0.2) is 0 Å². The minimum atomic E-state index is -3.88. The van der Waals surface area contributed by atoms with Crippen molar-refractivity contribution in [1.82, 2.24) is 4.31 Å². The number of nitrogens with two attached hydrogens (primary N) is 1. The van der Waals surface area contributed by atoms with Crippen LogP contribution in [0.5, 0.6) is 0 Å². The van der Waals surface area contributed by atoms with E-state index in [2.05, 4.69) is 0 Å². The molecule has 21 heavy (non-hydrogen) atoms. The van der Waals surface area contributed by atoms with Gasteiger partial charge in [0.1, 0.15) is 10.7 Å². The van der Waals surface area contributed by atoms with Crippen molar-refractivity contribution in [2.45, 2.75) is 18.0 Å². The Morgan fingerprint density at radius 2 is 1.76 bits per heavy atom. The Labute approximate surface area is 124 Å². The molecular formula is C15H17FN2O2S. The highest BCUT2D eigenvalue weighted by Gasteiger charge is 2.24. The molecule has 0 radical (unpaired) electrons. The molecule has 0 spiro atoms. The van der Waals surface area contributed by atoms with E-state index < -0.39 is 15.8 Å². The van der Waals surface area contributed by atoms with Crippen molar-refractivity contribution in [3.63, 3.8) is 0 Å². The summed E-state index contributed by atoms with van der Waals surface area (Å²) in [7, 11) is -2.45. The Kier molecular flexibility index (Phi) is 4.72. The van der Waals surface area contributed by atoms with Gasteiger partial charge in [0.05, 0.1) is 0 Å². The van der Waals surface area contributed by atoms with E-state index in [0.717, 1.165) is 15.9 Å². The standard InChI is InChI=1S/C15H17FN2O2S/c1-18(11-12-5-3-2-4-6-12)21(19,20)15-8-7-13(10-17)9-14(15)16/h2-9H,10-11,17H2,1H3. The quantitative estimate of drug-likeness (QED) is 0.920. The minimum absolute atomic E-state index is 0.164. The zero-order chi connectivity index (χ0) is 15.5. The van der Waals surface area contributed by atoms with Crippen molar-refractivity contribution < 1.29 is 12.8 Å². The number of nitrogens with zero attached hydrogens (tertiary/aromatic N) is 1. The lowest BCUT2D eigenvalue weighted by Crippen LogP contribution is -2.27. The molecule has 2 aromatic rings. The summed E-state index contributed by atoms with van der Waals surface area (Å²) in [5.41, 5.74) is 6.80. The lowest BCUT2D eigenvalue weighted by molar-refractivity contribution is 0.459. The second-order valence-corrected chi connectivity index (χ2v) is 6.73. The van der Waals surface area contributed by atoms with E-state index in [9.17, 15) is 12.8 Å². The molecule has 112 valence electrons. The van der Waals surface area contributed by atoms with Gasteiger partial charge in [0, 0.05) is 20.1 Å². The average Bonchev–Trinajstić information content (AvgIpc) is 2.47. The molecule has 0 atom stereocenters. The van der Waals surface area contributed by atoms with E-state index in [4.69, 9.17) is 5.73 Å². The van der Waals surface area contributed by atoms with E-state index in [1.54, 1.807) is 0 Å². The molecule has 0 aliphatic rings. The molecule has 0 bridgehead atoms. The van der Waals surface area contributed by atoms with Gasteiger partial charge in [0.2, 0.25) is 10.0 Å².